The van der Waals surface area contributed by atoms with Crippen LogP contribution in [0, 0.1) is 6.92 Å². The first-order valence-corrected chi connectivity index (χ1v) is 6.20. The number of halogens is 1. The molecular formula is C12H9BrOS. The predicted molar refractivity (Wildman–Crippen MR) is 66.6 cm³/mol. The Morgan fingerprint density at radius 1 is 1.27 bits per heavy atom. The molecule has 0 aliphatic rings. The van der Waals surface area contributed by atoms with E-state index in [0.29, 0.717) is 0 Å². The van der Waals surface area contributed by atoms with E-state index in [-0.39, 0.29) is 5.78 Å². The van der Waals surface area contributed by atoms with E-state index >= 15 is 0 Å². The molecule has 3 heteroatoms. The van der Waals surface area contributed by atoms with E-state index in [0.717, 1.165) is 20.5 Å². The van der Waals surface area contributed by atoms with Crippen LogP contribution in [0.3, 0.4) is 0 Å². The van der Waals surface area contributed by atoms with Crippen LogP contribution in [0.25, 0.3) is 0 Å². The van der Waals surface area contributed by atoms with Gasteiger partial charge in [-0.1, -0.05) is 18.2 Å². The normalized spacial score (nSPS) is 10.3. The second-order valence-corrected chi connectivity index (χ2v) is 4.98. The number of thiophene rings is 1. The molecule has 0 N–H and O–H groups in total. The largest absolute Gasteiger partial charge is 0.288 e. The third-order valence-electron chi connectivity index (χ3n) is 2.18. The van der Waals surface area contributed by atoms with Crippen molar-refractivity contribution >= 4 is 33.0 Å². The average molecular weight is 281 g/mol. The standard InChI is InChI=1S/C12H9BrOS/c1-8-4-2-5-9(11(8)13)12(14)10-6-3-7-15-10/h2-7H,1H3. The number of carbonyl (C=O) groups is 1. The lowest BCUT2D eigenvalue weighted by molar-refractivity contribution is 0.104. The molecule has 1 aromatic carbocycles. The Morgan fingerprint density at radius 3 is 2.73 bits per heavy atom. The van der Waals surface area contributed by atoms with Gasteiger partial charge in [0, 0.05) is 10.0 Å². The van der Waals surface area contributed by atoms with Crippen LogP contribution in [0.1, 0.15) is 20.8 Å². The van der Waals surface area contributed by atoms with Gasteiger partial charge in [-0.2, -0.15) is 0 Å². The summed E-state index contributed by atoms with van der Waals surface area (Å²) in [4.78, 5) is 12.8. The van der Waals surface area contributed by atoms with E-state index in [2.05, 4.69) is 15.9 Å². The van der Waals surface area contributed by atoms with Crippen LogP contribution in [0.5, 0.6) is 0 Å². The van der Waals surface area contributed by atoms with Gasteiger partial charge in [0.1, 0.15) is 0 Å². The van der Waals surface area contributed by atoms with E-state index in [4.69, 9.17) is 0 Å². The summed E-state index contributed by atoms with van der Waals surface area (Å²) in [6.45, 7) is 1.98. The molecule has 1 aromatic heterocycles. The van der Waals surface area contributed by atoms with Crippen LogP contribution < -0.4 is 0 Å². The summed E-state index contributed by atoms with van der Waals surface area (Å²) in [6.07, 6.45) is 0. The third kappa shape index (κ3) is 2.03. The molecule has 0 atom stereocenters. The lowest BCUT2D eigenvalue weighted by Crippen LogP contribution is -2.00. The summed E-state index contributed by atoms with van der Waals surface area (Å²) < 4.78 is 0.892. The molecule has 0 aliphatic heterocycles. The molecule has 2 aromatic rings. The fourth-order valence-electron chi connectivity index (χ4n) is 1.36. The first kappa shape index (κ1) is 10.6. The zero-order valence-corrected chi connectivity index (χ0v) is 10.6. The molecule has 0 unspecified atom stereocenters. The summed E-state index contributed by atoms with van der Waals surface area (Å²) in [5.74, 6) is 0.0839. The monoisotopic (exact) mass is 280 g/mol. The second-order valence-electron chi connectivity index (χ2n) is 3.24. The van der Waals surface area contributed by atoms with E-state index in [1.54, 1.807) is 0 Å². The molecule has 2 rings (SSSR count). The maximum Gasteiger partial charge on any atom is 0.204 e. The molecule has 0 saturated carbocycles. The zero-order valence-electron chi connectivity index (χ0n) is 8.16. The molecule has 0 radical (unpaired) electrons. The summed E-state index contributed by atoms with van der Waals surface area (Å²) in [5, 5.41) is 1.91. The Hall–Kier alpha value is -0.930. The molecule has 0 saturated heterocycles. The van der Waals surface area contributed by atoms with Gasteiger partial charge >= 0.3 is 0 Å². The van der Waals surface area contributed by atoms with Crippen molar-refractivity contribution in [1.82, 2.24) is 0 Å². The molecule has 0 bridgehead atoms. The first-order chi connectivity index (χ1) is 7.20. The summed E-state index contributed by atoms with van der Waals surface area (Å²) in [6, 6.07) is 9.47. The SMILES string of the molecule is Cc1cccc(C(=O)c2cccs2)c1Br. The van der Waals surface area contributed by atoms with Gasteiger partial charge in [0.2, 0.25) is 5.78 Å². The van der Waals surface area contributed by atoms with Crippen LogP contribution in [0.2, 0.25) is 0 Å². The number of carbonyl (C=O) groups excluding carboxylic acids is 1. The van der Waals surface area contributed by atoms with Crippen LogP contribution in [-0.4, -0.2) is 5.78 Å². The van der Waals surface area contributed by atoms with Crippen molar-refractivity contribution < 1.29 is 4.79 Å². The Labute approximate surface area is 101 Å². The third-order valence-corrected chi connectivity index (χ3v) is 4.10. The Kier molecular flexibility index (Phi) is 3.03. The average Bonchev–Trinajstić information content (AvgIpc) is 2.74. The Balaban J connectivity index is 2.47. The number of aryl methyl sites for hydroxylation is 1. The highest BCUT2D eigenvalue weighted by atomic mass is 79.9. The van der Waals surface area contributed by atoms with Gasteiger partial charge < -0.3 is 0 Å². The number of ketones is 1. The molecule has 0 fully saturated rings. The zero-order chi connectivity index (χ0) is 10.8. The first-order valence-electron chi connectivity index (χ1n) is 4.53. The maximum absolute atomic E-state index is 12.1. The quantitative estimate of drug-likeness (QED) is 0.759. The highest BCUT2D eigenvalue weighted by molar-refractivity contribution is 9.10. The van der Waals surface area contributed by atoms with Gasteiger partial charge in [-0.3, -0.25) is 4.79 Å². The van der Waals surface area contributed by atoms with Crippen molar-refractivity contribution in [2.24, 2.45) is 0 Å². The fourth-order valence-corrected chi connectivity index (χ4v) is 2.49. The van der Waals surface area contributed by atoms with E-state index < -0.39 is 0 Å². The number of hydrogen-bond acceptors (Lipinski definition) is 2. The molecule has 0 amide bonds. The minimum Gasteiger partial charge on any atom is -0.288 e. The van der Waals surface area contributed by atoms with Crippen molar-refractivity contribution in [2.75, 3.05) is 0 Å². The molecule has 0 spiro atoms. The van der Waals surface area contributed by atoms with E-state index in [1.807, 2.05) is 42.6 Å². The van der Waals surface area contributed by atoms with Gasteiger partial charge in [0.25, 0.3) is 0 Å². The molecule has 15 heavy (non-hydrogen) atoms. The van der Waals surface area contributed by atoms with Crippen molar-refractivity contribution in [3.63, 3.8) is 0 Å². The summed E-state index contributed by atoms with van der Waals surface area (Å²) >= 11 is 4.92. The second kappa shape index (κ2) is 4.29. The van der Waals surface area contributed by atoms with E-state index in [9.17, 15) is 4.79 Å². The minimum atomic E-state index is 0.0839. The number of hydrogen-bond donors (Lipinski definition) is 0. The summed E-state index contributed by atoms with van der Waals surface area (Å²) in [5.41, 5.74) is 1.81. The maximum atomic E-state index is 12.1. The van der Waals surface area contributed by atoms with Gasteiger partial charge in [-0.05, 0) is 45.9 Å². The highest BCUT2D eigenvalue weighted by Crippen LogP contribution is 2.24. The van der Waals surface area contributed by atoms with Crippen LogP contribution in [-0.2, 0) is 0 Å². The van der Waals surface area contributed by atoms with Gasteiger partial charge in [-0.25, -0.2) is 0 Å². The van der Waals surface area contributed by atoms with Gasteiger partial charge in [-0.15, -0.1) is 11.3 Å². The predicted octanol–water partition coefficient (Wildman–Crippen LogP) is 4.05. The highest BCUT2D eigenvalue weighted by Gasteiger charge is 2.13. The number of rotatable bonds is 2. The molecule has 76 valence electrons. The van der Waals surface area contributed by atoms with Crippen molar-refractivity contribution in [1.29, 1.82) is 0 Å². The van der Waals surface area contributed by atoms with Crippen LogP contribution in [0.15, 0.2) is 40.2 Å². The topological polar surface area (TPSA) is 17.1 Å². The van der Waals surface area contributed by atoms with Crippen LogP contribution >= 0.6 is 27.3 Å². The Morgan fingerprint density at radius 2 is 2.07 bits per heavy atom. The van der Waals surface area contributed by atoms with E-state index in [1.165, 1.54) is 11.3 Å². The van der Waals surface area contributed by atoms with Gasteiger partial charge in [0.05, 0.1) is 4.88 Å². The molecular weight excluding hydrogens is 272 g/mol. The Bertz CT molecular complexity index is 488. The lowest BCUT2D eigenvalue weighted by atomic mass is 10.1. The molecule has 0 aliphatic carbocycles. The van der Waals surface area contributed by atoms with Crippen LogP contribution in [0.4, 0.5) is 0 Å². The van der Waals surface area contributed by atoms with Gasteiger partial charge in [0.15, 0.2) is 0 Å². The van der Waals surface area contributed by atoms with Crippen molar-refractivity contribution in [3.05, 3.63) is 56.2 Å². The fraction of sp³-hybridized carbons (Fsp3) is 0.0833. The van der Waals surface area contributed by atoms with Crippen molar-refractivity contribution in [2.45, 2.75) is 6.92 Å². The molecule has 1 nitrogen and oxygen atoms in total. The minimum absolute atomic E-state index is 0.0839. The number of benzene rings is 1. The van der Waals surface area contributed by atoms with Crippen molar-refractivity contribution in [3.8, 4) is 0 Å². The smallest absolute Gasteiger partial charge is 0.204 e. The lowest BCUT2D eigenvalue weighted by Gasteiger charge is -2.04. The summed E-state index contributed by atoms with van der Waals surface area (Å²) in [7, 11) is 0. The molecule has 1 heterocycles.